The fourth-order valence-corrected chi connectivity index (χ4v) is 5.81. The number of para-hydroxylation sites is 3. The largest absolute Gasteiger partial charge is 4.00 e. The number of rotatable bonds is 7. The summed E-state index contributed by atoms with van der Waals surface area (Å²) < 4.78 is 14.3. The number of fused-ring (bicyclic) bond motifs is 1. The Kier molecular flexibility index (Phi) is 8.39. The Balaban J connectivity index is 0.00000351. The van der Waals surface area contributed by atoms with Gasteiger partial charge in [0.05, 0.1) is 23.8 Å². The van der Waals surface area contributed by atoms with Crippen LogP contribution in [0.2, 0.25) is 0 Å². The minimum atomic E-state index is 0. The summed E-state index contributed by atoms with van der Waals surface area (Å²) in [4.78, 5) is 0. The van der Waals surface area contributed by atoms with Crippen LogP contribution in [-0.4, -0.2) is 9.13 Å². The molecule has 5 nitrogen and oxygen atoms in total. The van der Waals surface area contributed by atoms with Gasteiger partial charge in [0, 0.05) is 23.9 Å². The zero-order chi connectivity index (χ0) is 30.9. The second-order valence-electron chi connectivity index (χ2n) is 11.0. The summed E-state index contributed by atoms with van der Waals surface area (Å²) in [7, 11) is 1.94. The standard InChI is InChI=1S/C41H28N4O.Pt/c1-42-25-26-43(29-42)33-17-10-19-35(27-33)46-36-20-11-18-34(28-36)44-30-45(40-24-9-8-23-39(40)44)41-37(31-13-4-2-5-14-31)21-12-22-38(41)32-15-6-3-7-16-32;/h2-26H,1H3;/q-2;+4. The van der Waals surface area contributed by atoms with Gasteiger partial charge in [-0.3, -0.25) is 4.57 Å². The number of hydrogen-bond donors (Lipinski definition) is 0. The molecule has 0 aliphatic rings. The van der Waals surface area contributed by atoms with Crippen LogP contribution in [0.3, 0.4) is 0 Å². The summed E-state index contributed by atoms with van der Waals surface area (Å²) in [5.41, 5.74) is 9.26. The van der Waals surface area contributed by atoms with Gasteiger partial charge < -0.3 is 18.4 Å². The van der Waals surface area contributed by atoms with E-state index in [2.05, 4.69) is 120 Å². The summed E-state index contributed by atoms with van der Waals surface area (Å²) in [5.74, 6) is 1.18. The summed E-state index contributed by atoms with van der Waals surface area (Å²) in [6, 6.07) is 54.4. The molecule has 6 aromatic carbocycles. The average Bonchev–Trinajstić information content (AvgIpc) is 3.73. The first kappa shape index (κ1) is 30.2. The summed E-state index contributed by atoms with van der Waals surface area (Å²) in [5, 5.41) is 0. The van der Waals surface area contributed by atoms with E-state index in [1.807, 2.05) is 81.7 Å². The molecule has 226 valence electrons. The van der Waals surface area contributed by atoms with Crippen molar-refractivity contribution in [1.82, 2.24) is 9.13 Å². The second-order valence-corrected chi connectivity index (χ2v) is 11.0. The number of imidazole rings is 2. The molecule has 0 bridgehead atoms. The number of nitrogens with zero attached hydrogens (tertiary/aromatic N) is 4. The molecular weight excluding hydrogens is 760 g/mol. The van der Waals surface area contributed by atoms with Gasteiger partial charge in [0.25, 0.3) is 6.33 Å². The Labute approximate surface area is 288 Å². The van der Waals surface area contributed by atoms with E-state index in [0.717, 1.165) is 50.3 Å². The molecule has 0 saturated heterocycles. The molecule has 0 atom stereocenters. The van der Waals surface area contributed by atoms with E-state index in [4.69, 9.17) is 4.74 Å². The van der Waals surface area contributed by atoms with Crippen LogP contribution < -0.4 is 13.9 Å². The molecule has 8 rings (SSSR count). The SMILES string of the molecule is C[n+]1[c-]n(-c2[c-]c(Oc3[c-]c(-n4[c-][n+](-c5c(-c6ccccc6)cccc5-c5ccccc5)c5ccccc54)ccc3)ccc2)cc1.[Pt+4]. The van der Waals surface area contributed by atoms with Crippen LogP contribution in [0.4, 0.5) is 0 Å². The van der Waals surface area contributed by atoms with Gasteiger partial charge in [-0.15, -0.1) is 24.3 Å². The Hall–Kier alpha value is -5.51. The Morgan fingerprint density at radius 3 is 1.79 bits per heavy atom. The van der Waals surface area contributed by atoms with E-state index in [-0.39, 0.29) is 21.1 Å². The van der Waals surface area contributed by atoms with Crippen molar-refractivity contribution in [3.05, 3.63) is 177 Å². The van der Waals surface area contributed by atoms with Crippen molar-refractivity contribution in [2.75, 3.05) is 0 Å². The molecule has 6 heteroatoms. The summed E-state index contributed by atoms with van der Waals surface area (Å²) >= 11 is 0. The minimum absolute atomic E-state index is 0. The van der Waals surface area contributed by atoms with Gasteiger partial charge in [-0.2, -0.15) is 24.3 Å². The number of benzene rings is 6. The van der Waals surface area contributed by atoms with Gasteiger partial charge >= 0.3 is 21.1 Å². The molecule has 0 saturated carbocycles. The van der Waals surface area contributed by atoms with Crippen molar-refractivity contribution in [3.8, 4) is 50.8 Å². The third-order valence-electron chi connectivity index (χ3n) is 7.92. The van der Waals surface area contributed by atoms with E-state index in [1.54, 1.807) is 0 Å². The molecule has 0 amide bonds. The molecule has 0 N–H and O–H groups in total. The quantitative estimate of drug-likeness (QED) is 0.120. The predicted octanol–water partition coefficient (Wildman–Crippen LogP) is 7.85. The maximum Gasteiger partial charge on any atom is 4.00 e. The first-order valence-electron chi connectivity index (χ1n) is 15.1. The van der Waals surface area contributed by atoms with E-state index in [9.17, 15) is 0 Å². The van der Waals surface area contributed by atoms with Gasteiger partial charge in [0.2, 0.25) is 6.33 Å². The molecular formula is C41H28N4OPt+2. The van der Waals surface area contributed by atoms with Crippen LogP contribution in [-0.2, 0) is 28.1 Å². The van der Waals surface area contributed by atoms with Crippen molar-refractivity contribution in [3.63, 3.8) is 0 Å². The average molecular weight is 788 g/mol. The maximum atomic E-state index is 6.29. The zero-order valence-electron chi connectivity index (χ0n) is 25.4. The first-order valence-corrected chi connectivity index (χ1v) is 15.1. The molecule has 0 aliphatic heterocycles. The minimum Gasteiger partial charge on any atom is -0.510 e. The molecule has 2 heterocycles. The molecule has 47 heavy (non-hydrogen) atoms. The van der Waals surface area contributed by atoms with Crippen LogP contribution in [0.25, 0.3) is 50.3 Å². The first-order chi connectivity index (χ1) is 22.7. The number of aryl methyl sites for hydroxylation is 1. The van der Waals surface area contributed by atoms with Crippen LogP contribution in [0.15, 0.2) is 152 Å². The number of aromatic nitrogens is 4. The van der Waals surface area contributed by atoms with Crippen molar-refractivity contribution in [2.24, 2.45) is 7.05 Å². The van der Waals surface area contributed by atoms with E-state index in [0.29, 0.717) is 11.5 Å². The van der Waals surface area contributed by atoms with Gasteiger partial charge in [0.15, 0.2) is 0 Å². The maximum absolute atomic E-state index is 6.29. The summed E-state index contributed by atoms with van der Waals surface area (Å²) in [6.07, 6.45) is 10.8. The predicted molar refractivity (Wildman–Crippen MR) is 178 cm³/mol. The van der Waals surface area contributed by atoms with Crippen molar-refractivity contribution in [2.45, 2.75) is 0 Å². The molecule has 0 spiro atoms. The van der Waals surface area contributed by atoms with E-state index < -0.39 is 0 Å². The zero-order valence-corrected chi connectivity index (χ0v) is 27.7. The topological polar surface area (TPSA) is 26.8 Å². The molecule has 0 fully saturated rings. The van der Waals surface area contributed by atoms with Crippen LogP contribution >= 0.6 is 0 Å². The van der Waals surface area contributed by atoms with Gasteiger partial charge in [-0.1, -0.05) is 109 Å². The molecule has 0 aliphatic carbocycles. The molecule has 0 unspecified atom stereocenters. The van der Waals surface area contributed by atoms with Crippen molar-refractivity contribution < 1.29 is 34.9 Å². The van der Waals surface area contributed by atoms with Crippen LogP contribution in [0.1, 0.15) is 0 Å². The third kappa shape index (κ3) is 5.94. The number of ether oxygens (including phenoxy) is 1. The van der Waals surface area contributed by atoms with Crippen LogP contribution in [0, 0.1) is 24.8 Å². The van der Waals surface area contributed by atoms with Crippen LogP contribution in [0.5, 0.6) is 11.5 Å². The smallest absolute Gasteiger partial charge is 0.510 e. The van der Waals surface area contributed by atoms with E-state index in [1.165, 1.54) is 0 Å². The van der Waals surface area contributed by atoms with E-state index >= 15 is 0 Å². The monoisotopic (exact) mass is 787 g/mol. The molecule has 2 aromatic heterocycles. The van der Waals surface area contributed by atoms with Crippen molar-refractivity contribution in [1.29, 1.82) is 0 Å². The third-order valence-corrected chi connectivity index (χ3v) is 7.92. The Bertz CT molecular complexity index is 2250. The molecule has 8 aromatic rings. The fraction of sp³-hybridized carbons (Fsp3) is 0.0244. The second kappa shape index (κ2) is 13.1. The molecule has 0 radical (unpaired) electrons. The van der Waals surface area contributed by atoms with Gasteiger partial charge in [0.1, 0.15) is 0 Å². The van der Waals surface area contributed by atoms with Gasteiger partial charge in [-0.05, 0) is 27.9 Å². The normalized spacial score (nSPS) is 10.9. The Morgan fingerprint density at radius 1 is 0.574 bits per heavy atom. The van der Waals surface area contributed by atoms with Crippen molar-refractivity contribution >= 4 is 11.0 Å². The fourth-order valence-electron chi connectivity index (χ4n) is 5.81. The summed E-state index contributed by atoms with van der Waals surface area (Å²) in [6.45, 7) is 0. The Morgan fingerprint density at radius 2 is 1.15 bits per heavy atom. The van der Waals surface area contributed by atoms with Gasteiger partial charge in [-0.25, -0.2) is 0 Å². The number of hydrogen-bond acceptors (Lipinski definition) is 1.